The lowest BCUT2D eigenvalue weighted by molar-refractivity contribution is 0.0513. The average Bonchev–Trinajstić information content (AvgIpc) is 2.85. The van der Waals surface area contributed by atoms with E-state index in [-0.39, 0.29) is 18.1 Å². The van der Waals surface area contributed by atoms with E-state index < -0.39 is 17.7 Å². The van der Waals surface area contributed by atoms with Gasteiger partial charge in [0.15, 0.2) is 0 Å². The lowest BCUT2D eigenvalue weighted by Crippen LogP contribution is -2.28. The maximum absolute atomic E-state index is 12.5. The highest BCUT2D eigenvalue weighted by Gasteiger charge is 2.25. The molecule has 1 heterocycles. The SMILES string of the molecule is CN(C)CCOc1cccc2c1cc(C(=O)O)n2C(=O)OC(C)(C)C.Cl. The summed E-state index contributed by atoms with van der Waals surface area (Å²) in [7, 11) is 3.87. The first-order chi connectivity index (χ1) is 11.6. The fourth-order valence-electron chi connectivity index (χ4n) is 2.33. The average molecular weight is 385 g/mol. The minimum absolute atomic E-state index is 0. The molecule has 0 amide bonds. The second-order valence-corrected chi connectivity index (χ2v) is 6.99. The fourth-order valence-corrected chi connectivity index (χ4v) is 2.33. The van der Waals surface area contributed by atoms with E-state index in [0.29, 0.717) is 23.3 Å². The van der Waals surface area contributed by atoms with E-state index >= 15 is 0 Å². The summed E-state index contributed by atoms with van der Waals surface area (Å²) in [6, 6.07) is 6.58. The number of halogens is 1. The third kappa shape index (κ3) is 5.12. The van der Waals surface area contributed by atoms with E-state index in [4.69, 9.17) is 9.47 Å². The van der Waals surface area contributed by atoms with Crippen LogP contribution in [0.4, 0.5) is 4.79 Å². The van der Waals surface area contributed by atoms with E-state index in [1.54, 1.807) is 39.0 Å². The lowest BCUT2D eigenvalue weighted by atomic mass is 10.2. The maximum Gasteiger partial charge on any atom is 0.419 e. The van der Waals surface area contributed by atoms with Crippen molar-refractivity contribution in [2.75, 3.05) is 27.2 Å². The molecule has 0 atom stereocenters. The quantitative estimate of drug-likeness (QED) is 0.849. The Morgan fingerprint density at radius 1 is 1.23 bits per heavy atom. The van der Waals surface area contributed by atoms with Crippen molar-refractivity contribution in [1.82, 2.24) is 9.47 Å². The zero-order valence-electron chi connectivity index (χ0n) is 15.6. The molecule has 0 saturated heterocycles. The van der Waals surface area contributed by atoms with Crippen LogP contribution in [-0.4, -0.2) is 59.5 Å². The number of carbonyl (C=O) groups is 2. The number of ether oxygens (including phenoxy) is 2. The van der Waals surface area contributed by atoms with E-state index in [1.165, 1.54) is 6.07 Å². The van der Waals surface area contributed by atoms with Crippen LogP contribution in [0, 0.1) is 0 Å². The van der Waals surface area contributed by atoms with Crippen LogP contribution in [0.25, 0.3) is 10.9 Å². The Hall–Kier alpha value is -2.25. The Kier molecular flexibility index (Phi) is 7.06. The number of rotatable bonds is 5. The van der Waals surface area contributed by atoms with Crippen LogP contribution in [0.1, 0.15) is 31.3 Å². The van der Waals surface area contributed by atoms with Crippen molar-refractivity contribution in [3.63, 3.8) is 0 Å². The first-order valence-electron chi connectivity index (χ1n) is 7.99. The van der Waals surface area contributed by atoms with Crippen molar-refractivity contribution in [3.8, 4) is 5.75 Å². The summed E-state index contributed by atoms with van der Waals surface area (Å²) in [4.78, 5) is 26.1. The van der Waals surface area contributed by atoms with Gasteiger partial charge < -0.3 is 19.5 Å². The van der Waals surface area contributed by atoms with Gasteiger partial charge in [0.1, 0.15) is 23.7 Å². The first kappa shape index (κ1) is 21.8. The molecule has 26 heavy (non-hydrogen) atoms. The normalized spacial score (nSPS) is 11.3. The third-order valence-electron chi connectivity index (χ3n) is 3.40. The van der Waals surface area contributed by atoms with Crippen molar-refractivity contribution in [1.29, 1.82) is 0 Å². The Balaban J connectivity index is 0.00000338. The van der Waals surface area contributed by atoms with Crippen LogP contribution >= 0.6 is 12.4 Å². The topological polar surface area (TPSA) is 81.0 Å². The van der Waals surface area contributed by atoms with Gasteiger partial charge >= 0.3 is 12.1 Å². The van der Waals surface area contributed by atoms with Gasteiger partial charge in [-0.2, -0.15) is 0 Å². The van der Waals surface area contributed by atoms with Crippen molar-refractivity contribution >= 4 is 35.4 Å². The van der Waals surface area contributed by atoms with Crippen molar-refractivity contribution < 1.29 is 24.2 Å². The summed E-state index contributed by atoms with van der Waals surface area (Å²) >= 11 is 0. The summed E-state index contributed by atoms with van der Waals surface area (Å²) in [5.41, 5.74) is -0.453. The summed E-state index contributed by atoms with van der Waals surface area (Å²) in [6.45, 7) is 6.35. The number of fused-ring (bicyclic) bond motifs is 1. The van der Waals surface area contributed by atoms with Crippen molar-refractivity contribution in [3.05, 3.63) is 30.0 Å². The fraction of sp³-hybridized carbons (Fsp3) is 0.444. The standard InChI is InChI=1S/C18H24N2O5.ClH/c1-18(2,3)25-17(23)20-13-7-6-8-15(24-10-9-19(4)5)12(13)11-14(20)16(21)22;/h6-8,11H,9-10H2,1-5H3,(H,21,22);1H. The first-order valence-corrected chi connectivity index (χ1v) is 7.99. The van der Waals surface area contributed by atoms with Crippen LogP contribution in [0.5, 0.6) is 5.75 Å². The number of carbonyl (C=O) groups excluding carboxylic acids is 1. The molecule has 2 aromatic rings. The molecule has 0 fully saturated rings. The molecule has 0 spiro atoms. The molecule has 7 nitrogen and oxygen atoms in total. The number of hydrogen-bond donors (Lipinski definition) is 1. The molecular formula is C18H25ClN2O5. The number of aromatic carboxylic acids is 1. The molecular weight excluding hydrogens is 360 g/mol. The highest BCUT2D eigenvalue weighted by molar-refractivity contribution is 6.02. The number of hydrogen-bond acceptors (Lipinski definition) is 5. The maximum atomic E-state index is 12.5. The van der Waals surface area contributed by atoms with E-state index in [2.05, 4.69) is 0 Å². The van der Waals surface area contributed by atoms with E-state index in [0.717, 1.165) is 11.1 Å². The van der Waals surface area contributed by atoms with Gasteiger partial charge in [-0.25, -0.2) is 14.2 Å². The summed E-state index contributed by atoms with van der Waals surface area (Å²) < 4.78 is 12.2. The van der Waals surface area contributed by atoms with Crippen LogP contribution in [0.2, 0.25) is 0 Å². The predicted octanol–water partition coefficient (Wildman–Crippen LogP) is 3.48. The Morgan fingerprint density at radius 2 is 1.88 bits per heavy atom. The van der Waals surface area contributed by atoms with Crippen LogP contribution in [-0.2, 0) is 4.74 Å². The van der Waals surface area contributed by atoms with E-state index in [9.17, 15) is 14.7 Å². The Morgan fingerprint density at radius 3 is 2.42 bits per heavy atom. The van der Waals surface area contributed by atoms with Gasteiger partial charge in [0.25, 0.3) is 0 Å². The van der Waals surface area contributed by atoms with Gasteiger partial charge in [-0.3, -0.25) is 0 Å². The summed E-state index contributed by atoms with van der Waals surface area (Å²) in [6.07, 6.45) is -0.731. The molecule has 1 aromatic heterocycles. The Bertz CT molecular complexity index is 793. The van der Waals surface area contributed by atoms with Crippen molar-refractivity contribution in [2.45, 2.75) is 26.4 Å². The molecule has 0 bridgehead atoms. The number of likely N-dealkylation sites (N-methyl/N-ethyl adjacent to an activating group) is 1. The summed E-state index contributed by atoms with van der Waals surface area (Å²) in [5, 5.41) is 10.0. The second-order valence-electron chi connectivity index (χ2n) is 6.99. The van der Waals surface area contributed by atoms with Gasteiger partial charge in [-0.05, 0) is 53.1 Å². The minimum Gasteiger partial charge on any atom is -0.492 e. The zero-order chi connectivity index (χ0) is 18.8. The molecule has 1 aromatic carbocycles. The third-order valence-corrected chi connectivity index (χ3v) is 3.40. The van der Waals surface area contributed by atoms with Crippen molar-refractivity contribution in [2.24, 2.45) is 0 Å². The number of carboxylic acid groups (broad SMARTS) is 1. The van der Waals surface area contributed by atoms with Gasteiger partial charge in [0.05, 0.1) is 5.52 Å². The number of benzene rings is 1. The van der Waals surface area contributed by atoms with Crippen LogP contribution in [0.15, 0.2) is 24.3 Å². The van der Waals surface area contributed by atoms with E-state index in [1.807, 2.05) is 19.0 Å². The second kappa shape index (κ2) is 8.42. The molecule has 0 aliphatic carbocycles. The van der Waals surface area contributed by atoms with Gasteiger partial charge in [0, 0.05) is 11.9 Å². The van der Waals surface area contributed by atoms with Gasteiger partial charge in [0.2, 0.25) is 0 Å². The number of aromatic nitrogens is 1. The largest absolute Gasteiger partial charge is 0.492 e. The molecule has 144 valence electrons. The molecule has 0 aliphatic rings. The molecule has 0 aliphatic heterocycles. The molecule has 2 rings (SSSR count). The summed E-state index contributed by atoms with van der Waals surface area (Å²) in [5.74, 6) is -0.676. The van der Waals surface area contributed by atoms with Gasteiger partial charge in [-0.15, -0.1) is 12.4 Å². The van der Waals surface area contributed by atoms with Crippen LogP contribution < -0.4 is 4.74 Å². The zero-order valence-corrected chi connectivity index (χ0v) is 16.4. The predicted molar refractivity (Wildman–Crippen MR) is 102 cm³/mol. The Labute approximate surface area is 158 Å². The highest BCUT2D eigenvalue weighted by atomic mass is 35.5. The molecule has 8 heteroatoms. The minimum atomic E-state index is -1.21. The van der Waals surface area contributed by atoms with Crippen LogP contribution in [0.3, 0.4) is 0 Å². The number of carboxylic acids is 1. The molecule has 1 N–H and O–H groups in total. The lowest BCUT2D eigenvalue weighted by Gasteiger charge is -2.20. The van der Waals surface area contributed by atoms with Gasteiger partial charge in [-0.1, -0.05) is 6.07 Å². The molecule has 0 saturated carbocycles. The monoisotopic (exact) mass is 384 g/mol. The highest BCUT2D eigenvalue weighted by Crippen LogP contribution is 2.30. The molecule has 0 unspecified atom stereocenters. The smallest absolute Gasteiger partial charge is 0.419 e. The molecule has 0 radical (unpaired) electrons. The number of nitrogens with zero attached hydrogens (tertiary/aromatic N) is 2.